The largest absolute Gasteiger partial charge is 0.384 e. The molecule has 0 unspecified atom stereocenters. The van der Waals surface area contributed by atoms with E-state index in [1.807, 2.05) is 24.3 Å². The number of rotatable bonds is 2. The van der Waals surface area contributed by atoms with Crippen LogP contribution < -0.4 is 0 Å². The van der Waals surface area contributed by atoms with Crippen molar-refractivity contribution in [2.75, 3.05) is 0 Å². The van der Waals surface area contributed by atoms with Gasteiger partial charge in [-0.1, -0.05) is 12.2 Å². The SMILES string of the molecule is OC1/C(=C/c2ccncc2)CCC/C1=C\c1ccncc1. The van der Waals surface area contributed by atoms with Crippen LogP contribution in [0.1, 0.15) is 30.4 Å². The number of aromatic nitrogens is 2. The number of pyridine rings is 2. The zero-order valence-electron chi connectivity index (χ0n) is 11.8. The van der Waals surface area contributed by atoms with E-state index < -0.39 is 6.10 Å². The van der Waals surface area contributed by atoms with Crippen molar-refractivity contribution < 1.29 is 5.11 Å². The highest BCUT2D eigenvalue weighted by atomic mass is 16.3. The lowest BCUT2D eigenvalue weighted by molar-refractivity contribution is 0.229. The van der Waals surface area contributed by atoms with Crippen LogP contribution in [0.15, 0.2) is 60.2 Å². The van der Waals surface area contributed by atoms with E-state index in [4.69, 9.17) is 0 Å². The second-order valence-corrected chi connectivity index (χ2v) is 5.26. The summed E-state index contributed by atoms with van der Waals surface area (Å²) in [7, 11) is 0. The van der Waals surface area contributed by atoms with Crippen LogP contribution in [0.4, 0.5) is 0 Å². The molecule has 106 valence electrons. The Hall–Kier alpha value is -2.26. The molecule has 2 aromatic rings. The third-order valence-corrected chi connectivity index (χ3v) is 3.75. The highest BCUT2D eigenvalue weighted by molar-refractivity contribution is 5.60. The molecule has 0 aliphatic heterocycles. The zero-order valence-corrected chi connectivity index (χ0v) is 11.8. The molecule has 0 aromatic carbocycles. The van der Waals surface area contributed by atoms with Crippen LogP contribution in [0.25, 0.3) is 12.2 Å². The van der Waals surface area contributed by atoms with Gasteiger partial charge in [0.15, 0.2) is 0 Å². The predicted octanol–water partition coefficient (Wildman–Crippen LogP) is 3.49. The summed E-state index contributed by atoms with van der Waals surface area (Å²) in [6.45, 7) is 0. The molecule has 0 spiro atoms. The van der Waals surface area contributed by atoms with Gasteiger partial charge >= 0.3 is 0 Å². The Morgan fingerprint density at radius 2 is 1.24 bits per heavy atom. The lowest BCUT2D eigenvalue weighted by atomic mass is 9.85. The minimum atomic E-state index is -0.486. The van der Waals surface area contributed by atoms with Crippen molar-refractivity contribution in [2.24, 2.45) is 0 Å². The molecule has 0 atom stereocenters. The van der Waals surface area contributed by atoms with Crippen LogP contribution in [0.3, 0.4) is 0 Å². The van der Waals surface area contributed by atoms with Crippen LogP contribution in [0, 0.1) is 0 Å². The smallest absolute Gasteiger partial charge is 0.0967 e. The summed E-state index contributed by atoms with van der Waals surface area (Å²) in [5.41, 5.74) is 4.33. The van der Waals surface area contributed by atoms with Gasteiger partial charge in [-0.05, 0) is 65.8 Å². The molecule has 0 amide bonds. The van der Waals surface area contributed by atoms with E-state index in [0.29, 0.717) is 0 Å². The van der Waals surface area contributed by atoms with Crippen molar-refractivity contribution >= 4 is 12.2 Å². The Balaban J connectivity index is 1.86. The highest BCUT2D eigenvalue weighted by Crippen LogP contribution is 2.31. The van der Waals surface area contributed by atoms with E-state index in [1.165, 1.54) is 0 Å². The highest BCUT2D eigenvalue weighted by Gasteiger charge is 2.21. The fourth-order valence-corrected chi connectivity index (χ4v) is 2.66. The Morgan fingerprint density at radius 1 is 0.810 bits per heavy atom. The number of aliphatic hydroxyl groups is 1. The Bertz CT molecular complexity index is 590. The molecule has 3 nitrogen and oxygen atoms in total. The molecule has 2 heterocycles. The van der Waals surface area contributed by atoms with Gasteiger partial charge in [-0.3, -0.25) is 9.97 Å². The van der Waals surface area contributed by atoms with Gasteiger partial charge in [0.1, 0.15) is 0 Å². The molecule has 2 aromatic heterocycles. The third-order valence-electron chi connectivity index (χ3n) is 3.75. The van der Waals surface area contributed by atoms with Gasteiger partial charge in [0.2, 0.25) is 0 Å². The van der Waals surface area contributed by atoms with Gasteiger partial charge in [-0.15, -0.1) is 0 Å². The van der Waals surface area contributed by atoms with E-state index >= 15 is 0 Å². The molecule has 1 saturated carbocycles. The van der Waals surface area contributed by atoms with Crippen molar-refractivity contribution in [3.05, 3.63) is 71.3 Å². The molecule has 1 aliphatic carbocycles. The van der Waals surface area contributed by atoms with Crippen LogP contribution in [-0.2, 0) is 0 Å². The predicted molar refractivity (Wildman–Crippen MR) is 84.3 cm³/mol. The lowest BCUT2D eigenvalue weighted by Crippen LogP contribution is -2.18. The standard InChI is InChI=1S/C18H18N2O/c21-18-16(12-14-4-8-19-9-5-14)2-1-3-17(18)13-15-6-10-20-11-7-15/h4-13,18,21H,1-3H2/b16-12+,17-13+. The number of aliphatic hydroxyl groups excluding tert-OH is 1. The minimum absolute atomic E-state index is 0.486. The van der Waals surface area contributed by atoms with Gasteiger partial charge in [-0.2, -0.15) is 0 Å². The van der Waals surface area contributed by atoms with E-state index in [-0.39, 0.29) is 0 Å². The van der Waals surface area contributed by atoms with E-state index in [2.05, 4.69) is 22.1 Å². The summed E-state index contributed by atoms with van der Waals surface area (Å²) in [5, 5.41) is 10.6. The summed E-state index contributed by atoms with van der Waals surface area (Å²) in [6, 6.07) is 7.84. The molecule has 3 rings (SSSR count). The van der Waals surface area contributed by atoms with Gasteiger partial charge in [0.25, 0.3) is 0 Å². The van der Waals surface area contributed by atoms with Crippen molar-refractivity contribution in [3.63, 3.8) is 0 Å². The number of hydrogen-bond donors (Lipinski definition) is 1. The molecule has 3 heteroatoms. The monoisotopic (exact) mass is 278 g/mol. The number of nitrogens with zero attached hydrogens (tertiary/aromatic N) is 2. The minimum Gasteiger partial charge on any atom is -0.384 e. The van der Waals surface area contributed by atoms with Gasteiger partial charge in [0, 0.05) is 24.8 Å². The Kier molecular flexibility index (Phi) is 4.22. The number of hydrogen-bond acceptors (Lipinski definition) is 3. The van der Waals surface area contributed by atoms with Crippen LogP contribution in [0.5, 0.6) is 0 Å². The van der Waals surface area contributed by atoms with E-state index in [0.717, 1.165) is 41.5 Å². The zero-order chi connectivity index (χ0) is 14.5. The van der Waals surface area contributed by atoms with Crippen LogP contribution >= 0.6 is 0 Å². The van der Waals surface area contributed by atoms with E-state index in [9.17, 15) is 5.11 Å². The van der Waals surface area contributed by atoms with Gasteiger partial charge in [0.05, 0.1) is 6.10 Å². The molecule has 1 N–H and O–H groups in total. The molecule has 1 fully saturated rings. The normalized spacial score (nSPS) is 22.6. The Morgan fingerprint density at radius 3 is 1.67 bits per heavy atom. The maximum absolute atomic E-state index is 10.6. The summed E-state index contributed by atoms with van der Waals surface area (Å²) >= 11 is 0. The van der Waals surface area contributed by atoms with Crippen LogP contribution in [-0.4, -0.2) is 21.2 Å². The van der Waals surface area contributed by atoms with E-state index in [1.54, 1.807) is 24.8 Å². The Labute approximate surface area is 124 Å². The average Bonchev–Trinajstić information content (AvgIpc) is 2.53. The molecular formula is C18H18N2O. The maximum atomic E-state index is 10.6. The first-order chi connectivity index (χ1) is 10.3. The van der Waals surface area contributed by atoms with Crippen molar-refractivity contribution in [1.29, 1.82) is 0 Å². The van der Waals surface area contributed by atoms with Crippen molar-refractivity contribution in [3.8, 4) is 0 Å². The first kappa shape index (κ1) is 13.7. The molecule has 21 heavy (non-hydrogen) atoms. The van der Waals surface area contributed by atoms with Gasteiger partial charge < -0.3 is 5.11 Å². The second-order valence-electron chi connectivity index (χ2n) is 5.26. The molecule has 0 bridgehead atoms. The summed E-state index contributed by atoms with van der Waals surface area (Å²) in [6.07, 6.45) is 13.7. The topological polar surface area (TPSA) is 46.0 Å². The second kappa shape index (κ2) is 6.46. The molecule has 0 radical (unpaired) electrons. The average molecular weight is 278 g/mol. The first-order valence-electron chi connectivity index (χ1n) is 7.22. The van der Waals surface area contributed by atoms with Crippen LogP contribution in [0.2, 0.25) is 0 Å². The maximum Gasteiger partial charge on any atom is 0.0967 e. The quantitative estimate of drug-likeness (QED) is 0.914. The van der Waals surface area contributed by atoms with Crippen molar-refractivity contribution in [2.45, 2.75) is 25.4 Å². The summed E-state index contributed by atoms with van der Waals surface area (Å²) in [4.78, 5) is 8.04. The molecular weight excluding hydrogens is 260 g/mol. The molecule has 0 saturated heterocycles. The lowest BCUT2D eigenvalue weighted by Gasteiger charge is -2.24. The third kappa shape index (κ3) is 3.44. The summed E-state index contributed by atoms with van der Waals surface area (Å²) < 4.78 is 0. The summed E-state index contributed by atoms with van der Waals surface area (Å²) in [5.74, 6) is 0. The fraction of sp³-hybridized carbons (Fsp3) is 0.222. The molecule has 1 aliphatic rings. The first-order valence-corrected chi connectivity index (χ1v) is 7.22. The fourth-order valence-electron chi connectivity index (χ4n) is 2.66. The van der Waals surface area contributed by atoms with Gasteiger partial charge in [-0.25, -0.2) is 0 Å². The van der Waals surface area contributed by atoms with Crippen molar-refractivity contribution in [1.82, 2.24) is 9.97 Å².